The fourth-order valence-corrected chi connectivity index (χ4v) is 3.74. The third-order valence-corrected chi connectivity index (χ3v) is 5.34. The lowest BCUT2D eigenvalue weighted by molar-refractivity contribution is -0.906. The summed E-state index contributed by atoms with van der Waals surface area (Å²) in [6, 6.07) is -0.0357. The second kappa shape index (κ2) is 5.92. The van der Waals surface area contributed by atoms with Gasteiger partial charge in [0.05, 0.1) is 26.2 Å². The topological polar surface area (TPSA) is 87.0 Å². The number of carbonyl (C=O) groups is 1. The van der Waals surface area contributed by atoms with Crippen LogP contribution >= 0.6 is 0 Å². The first-order valence-electron chi connectivity index (χ1n) is 7.91. The summed E-state index contributed by atoms with van der Waals surface area (Å²) in [6.45, 7) is 6.48. The molecule has 0 aromatic rings. The minimum absolute atomic E-state index is 0.0357. The van der Waals surface area contributed by atoms with Crippen LogP contribution in [0.4, 0.5) is 0 Å². The summed E-state index contributed by atoms with van der Waals surface area (Å²) in [6.07, 6.45) is 1.13. The van der Waals surface area contributed by atoms with Gasteiger partial charge in [-0.1, -0.05) is 13.8 Å². The molecule has 22 heavy (non-hydrogen) atoms. The highest BCUT2D eigenvalue weighted by Crippen LogP contribution is 2.35. The predicted octanol–water partition coefficient (Wildman–Crippen LogP) is -0.183. The van der Waals surface area contributed by atoms with Gasteiger partial charge in [0, 0.05) is 12.0 Å². The van der Waals surface area contributed by atoms with Crippen molar-refractivity contribution in [3.63, 3.8) is 0 Å². The van der Waals surface area contributed by atoms with Crippen LogP contribution in [0.15, 0.2) is 11.6 Å². The van der Waals surface area contributed by atoms with E-state index in [0.717, 1.165) is 29.6 Å². The van der Waals surface area contributed by atoms with E-state index in [2.05, 4.69) is 7.05 Å². The molecular weight excluding hydrogens is 286 g/mol. The smallest absolute Gasteiger partial charge is 0.341 e. The van der Waals surface area contributed by atoms with E-state index in [0.29, 0.717) is 0 Å². The van der Waals surface area contributed by atoms with Gasteiger partial charge in [0.25, 0.3) is 0 Å². The zero-order valence-electron chi connectivity index (χ0n) is 13.8. The van der Waals surface area contributed by atoms with Crippen LogP contribution in [0.3, 0.4) is 0 Å². The van der Waals surface area contributed by atoms with E-state index in [9.17, 15) is 20.1 Å². The van der Waals surface area contributed by atoms with Gasteiger partial charge in [-0.15, -0.1) is 0 Å². The number of quaternary nitrogens is 1. The highest BCUT2D eigenvalue weighted by atomic mass is 16.6. The maximum atomic E-state index is 12.2. The standard InChI is InChI=1S/C16H28NO5/c1-10(2)16(21,11(3)18)15(20)22-9-12-5-7-17(4)8-6-13(19)14(12)17/h5,10-11,13-14,18-19,21H,6-9H2,1-4H3/q+1/t11-,13-,14-,16+,17+/m0/s1. The van der Waals surface area contributed by atoms with Gasteiger partial charge in [-0.05, 0) is 18.9 Å². The summed E-state index contributed by atoms with van der Waals surface area (Å²) in [5.74, 6) is -1.28. The molecule has 2 heterocycles. The lowest BCUT2D eigenvalue weighted by Gasteiger charge is -2.33. The van der Waals surface area contributed by atoms with E-state index >= 15 is 0 Å². The van der Waals surface area contributed by atoms with Crippen molar-refractivity contribution in [2.24, 2.45) is 5.92 Å². The Morgan fingerprint density at radius 2 is 2.14 bits per heavy atom. The van der Waals surface area contributed by atoms with Crippen LogP contribution in [-0.4, -0.2) is 76.4 Å². The van der Waals surface area contributed by atoms with Gasteiger partial charge >= 0.3 is 5.97 Å². The van der Waals surface area contributed by atoms with Crippen LogP contribution in [-0.2, 0) is 9.53 Å². The number of aliphatic hydroxyl groups excluding tert-OH is 2. The molecule has 0 saturated carbocycles. The molecule has 0 aliphatic carbocycles. The minimum atomic E-state index is -1.91. The molecule has 0 spiro atoms. The third-order valence-electron chi connectivity index (χ3n) is 5.34. The molecule has 1 fully saturated rings. The fourth-order valence-electron chi connectivity index (χ4n) is 3.74. The minimum Gasteiger partial charge on any atom is -0.459 e. The average Bonchev–Trinajstić information content (AvgIpc) is 2.92. The number of carbonyl (C=O) groups excluding carboxylic acids is 1. The highest BCUT2D eigenvalue weighted by Gasteiger charge is 2.51. The molecule has 0 unspecified atom stereocenters. The van der Waals surface area contributed by atoms with E-state index in [1.807, 2.05) is 6.08 Å². The fraction of sp³-hybridized carbons (Fsp3) is 0.812. The summed E-state index contributed by atoms with van der Waals surface area (Å²) in [5.41, 5.74) is -1.01. The molecule has 0 aromatic heterocycles. The van der Waals surface area contributed by atoms with Crippen LogP contribution in [0.5, 0.6) is 0 Å². The van der Waals surface area contributed by atoms with Gasteiger partial charge < -0.3 is 24.5 Å². The quantitative estimate of drug-likeness (QED) is 0.372. The molecule has 0 amide bonds. The Morgan fingerprint density at radius 3 is 2.68 bits per heavy atom. The average molecular weight is 314 g/mol. The number of ether oxygens (including phenoxy) is 1. The predicted molar refractivity (Wildman–Crippen MR) is 80.8 cm³/mol. The molecule has 0 bridgehead atoms. The van der Waals surface area contributed by atoms with E-state index in [4.69, 9.17) is 4.74 Å². The number of likely N-dealkylation sites (N-methyl/N-ethyl adjacent to an activating group) is 1. The van der Waals surface area contributed by atoms with Gasteiger partial charge in [-0.25, -0.2) is 4.79 Å². The van der Waals surface area contributed by atoms with E-state index in [1.54, 1.807) is 13.8 Å². The molecular formula is C16H28NO5+. The molecule has 6 nitrogen and oxygen atoms in total. The molecule has 0 aromatic carbocycles. The number of hydrogen-bond donors (Lipinski definition) is 3. The van der Waals surface area contributed by atoms with Gasteiger partial charge in [0.15, 0.2) is 5.60 Å². The Bertz CT molecular complexity index is 465. The SMILES string of the molecule is CC(C)[C@](O)(C(=O)OCC1=CC[N@+]2(C)CC[C@H](O)[C@H]12)[C@H](C)O. The molecule has 126 valence electrons. The van der Waals surface area contributed by atoms with Crippen molar-refractivity contribution < 1.29 is 29.3 Å². The van der Waals surface area contributed by atoms with E-state index in [1.165, 1.54) is 6.92 Å². The van der Waals surface area contributed by atoms with Gasteiger partial charge in [0.2, 0.25) is 0 Å². The van der Waals surface area contributed by atoms with Crippen LogP contribution in [0.2, 0.25) is 0 Å². The van der Waals surface area contributed by atoms with Crippen LogP contribution in [0, 0.1) is 5.92 Å². The van der Waals surface area contributed by atoms with E-state index < -0.39 is 29.7 Å². The van der Waals surface area contributed by atoms with Crippen molar-refractivity contribution in [2.75, 3.05) is 26.7 Å². The van der Waals surface area contributed by atoms with Gasteiger partial charge in [0.1, 0.15) is 18.8 Å². The van der Waals surface area contributed by atoms with Crippen molar-refractivity contribution in [1.82, 2.24) is 0 Å². The van der Waals surface area contributed by atoms with Crippen LogP contribution < -0.4 is 0 Å². The zero-order valence-corrected chi connectivity index (χ0v) is 13.8. The summed E-state index contributed by atoms with van der Waals surface area (Å²) < 4.78 is 6.03. The maximum absolute atomic E-state index is 12.2. The number of fused-ring (bicyclic) bond motifs is 1. The van der Waals surface area contributed by atoms with Crippen LogP contribution in [0.25, 0.3) is 0 Å². The summed E-state index contributed by atoms with van der Waals surface area (Å²) >= 11 is 0. The van der Waals surface area contributed by atoms with Gasteiger partial charge in [-0.3, -0.25) is 0 Å². The Balaban J connectivity index is 2.03. The number of aliphatic hydroxyl groups is 3. The summed E-state index contributed by atoms with van der Waals surface area (Å²) in [7, 11) is 2.09. The van der Waals surface area contributed by atoms with Crippen molar-refractivity contribution in [2.45, 2.75) is 51.0 Å². The van der Waals surface area contributed by atoms with Crippen LogP contribution in [0.1, 0.15) is 27.2 Å². The highest BCUT2D eigenvalue weighted by molar-refractivity contribution is 5.80. The van der Waals surface area contributed by atoms with Crippen molar-refractivity contribution in [3.05, 3.63) is 11.6 Å². The van der Waals surface area contributed by atoms with Gasteiger partial charge in [-0.2, -0.15) is 0 Å². The summed E-state index contributed by atoms with van der Waals surface area (Å²) in [4.78, 5) is 12.2. The van der Waals surface area contributed by atoms with E-state index in [-0.39, 0.29) is 12.6 Å². The van der Waals surface area contributed by atoms with Crippen molar-refractivity contribution in [1.29, 1.82) is 0 Å². The molecule has 2 aliphatic rings. The number of hydrogen-bond acceptors (Lipinski definition) is 5. The lowest BCUT2D eigenvalue weighted by Crippen LogP contribution is -2.54. The number of rotatable bonds is 5. The Kier molecular flexibility index (Phi) is 4.69. The zero-order chi connectivity index (χ0) is 16.7. The molecule has 2 rings (SSSR count). The third kappa shape index (κ3) is 2.69. The Morgan fingerprint density at radius 1 is 1.50 bits per heavy atom. The number of esters is 1. The van der Waals surface area contributed by atoms with Crippen molar-refractivity contribution in [3.8, 4) is 0 Å². The number of nitrogens with zero attached hydrogens (tertiary/aromatic N) is 1. The molecule has 2 aliphatic heterocycles. The molecule has 3 N–H and O–H groups in total. The first-order chi connectivity index (χ1) is 10.1. The molecule has 0 radical (unpaired) electrons. The normalized spacial score (nSPS) is 35.0. The van der Waals surface area contributed by atoms with Crippen molar-refractivity contribution >= 4 is 5.97 Å². The lowest BCUT2D eigenvalue weighted by atomic mass is 9.85. The monoisotopic (exact) mass is 314 g/mol. The maximum Gasteiger partial charge on any atom is 0.341 e. The molecule has 1 saturated heterocycles. The molecule has 5 atom stereocenters. The first-order valence-corrected chi connectivity index (χ1v) is 7.91. The molecule has 6 heteroatoms. The first kappa shape index (κ1) is 17.4. The largest absolute Gasteiger partial charge is 0.459 e. The summed E-state index contributed by atoms with van der Waals surface area (Å²) in [5, 5.41) is 30.3. The second-order valence-corrected chi connectivity index (χ2v) is 7.20. The second-order valence-electron chi connectivity index (χ2n) is 7.20. The Hall–Kier alpha value is -0.950. The Labute approximate surface area is 131 Å².